The van der Waals surface area contributed by atoms with E-state index in [1.165, 1.54) is 32.7 Å². The summed E-state index contributed by atoms with van der Waals surface area (Å²) in [6.45, 7) is 0. The third-order valence-electron chi connectivity index (χ3n) is 3.92. The quantitative estimate of drug-likeness (QED) is 0.352. The van der Waals surface area contributed by atoms with Gasteiger partial charge in [-0.25, -0.2) is 0 Å². The largest absolute Gasteiger partial charge is 0.0622 e. The Hall–Kier alpha value is -2.12. The molecule has 0 aliphatic heterocycles. The van der Waals surface area contributed by atoms with Gasteiger partial charge in [-0.2, -0.15) is 0 Å². The molecular formula is C20H13Br. The number of benzene rings is 4. The van der Waals surface area contributed by atoms with Gasteiger partial charge in [0.2, 0.25) is 0 Å². The van der Waals surface area contributed by atoms with E-state index in [0.717, 1.165) is 4.47 Å². The standard InChI is InChI=1S/C20H13Br/c21-19-12-6-11-17-16-10-5-4-9-15(16)13-18(20(17)19)14-7-2-1-3-8-14/h1-13H. The second-order valence-electron chi connectivity index (χ2n) is 5.17. The van der Waals surface area contributed by atoms with Gasteiger partial charge in [0.25, 0.3) is 0 Å². The topological polar surface area (TPSA) is 0 Å². The normalized spacial score (nSPS) is 11.1. The molecule has 100 valence electrons. The van der Waals surface area contributed by atoms with E-state index >= 15 is 0 Å². The molecule has 0 radical (unpaired) electrons. The second-order valence-corrected chi connectivity index (χ2v) is 6.03. The molecule has 4 aromatic rings. The van der Waals surface area contributed by atoms with Crippen LogP contribution in [0.1, 0.15) is 0 Å². The molecule has 4 rings (SSSR count). The van der Waals surface area contributed by atoms with Gasteiger partial charge in [0.15, 0.2) is 0 Å². The third-order valence-corrected chi connectivity index (χ3v) is 4.58. The Morgan fingerprint density at radius 2 is 1.33 bits per heavy atom. The summed E-state index contributed by atoms with van der Waals surface area (Å²) in [6.07, 6.45) is 0. The lowest BCUT2D eigenvalue weighted by molar-refractivity contribution is 1.65. The van der Waals surface area contributed by atoms with E-state index in [1.54, 1.807) is 0 Å². The zero-order valence-corrected chi connectivity index (χ0v) is 13.0. The molecule has 0 saturated carbocycles. The Balaban J connectivity index is 2.23. The van der Waals surface area contributed by atoms with Crippen LogP contribution < -0.4 is 0 Å². The lowest BCUT2D eigenvalue weighted by Gasteiger charge is -2.12. The summed E-state index contributed by atoms with van der Waals surface area (Å²) in [5.41, 5.74) is 2.52. The van der Waals surface area contributed by atoms with Crippen LogP contribution in [0.15, 0.2) is 83.3 Å². The minimum atomic E-state index is 1.14. The van der Waals surface area contributed by atoms with Crippen molar-refractivity contribution in [3.63, 3.8) is 0 Å². The van der Waals surface area contributed by atoms with Gasteiger partial charge in [0.05, 0.1) is 0 Å². The highest BCUT2D eigenvalue weighted by atomic mass is 79.9. The molecule has 0 aromatic heterocycles. The Labute approximate surface area is 132 Å². The minimum absolute atomic E-state index is 1.14. The third kappa shape index (κ3) is 2.05. The van der Waals surface area contributed by atoms with Crippen molar-refractivity contribution in [2.45, 2.75) is 0 Å². The van der Waals surface area contributed by atoms with Crippen LogP contribution in [0.2, 0.25) is 0 Å². The van der Waals surface area contributed by atoms with Crippen LogP contribution in [-0.2, 0) is 0 Å². The van der Waals surface area contributed by atoms with Crippen molar-refractivity contribution in [2.75, 3.05) is 0 Å². The fraction of sp³-hybridized carbons (Fsp3) is 0. The molecular weight excluding hydrogens is 320 g/mol. The van der Waals surface area contributed by atoms with Crippen LogP contribution in [0.5, 0.6) is 0 Å². The molecule has 1 heteroatoms. The summed E-state index contributed by atoms with van der Waals surface area (Å²) in [4.78, 5) is 0. The van der Waals surface area contributed by atoms with Gasteiger partial charge >= 0.3 is 0 Å². The van der Waals surface area contributed by atoms with Crippen molar-refractivity contribution in [3.05, 3.63) is 83.3 Å². The van der Waals surface area contributed by atoms with E-state index in [-0.39, 0.29) is 0 Å². The number of halogens is 1. The molecule has 21 heavy (non-hydrogen) atoms. The molecule has 4 aromatic carbocycles. The van der Waals surface area contributed by atoms with Gasteiger partial charge in [-0.1, -0.05) is 82.7 Å². The molecule has 0 aliphatic carbocycles. The van der Waals surface area contributed by atoms with Gasteiger partial charge < -0.3 is 0 Å². The summed E-state index contributed by atoms with van der Waals surface area (Å²) < 4.78 is 1.14. The van der Waals surface area contributed by atoms with E-state index < -0.39 is 0 Å². The first-order valence-corrected chi connectivity index (χ1v) is 7.79. The van der Waals surface area contributed by atoms with Gasteiger partial charge in [-0.15, -0.1) is 0 Å². The van der Waals surface area contributed by atoms with Crippen molar-refractivity contribution >= 4 is 37.5 Å². The maximum atomic E-state index is 3.73. The molecule has 0 unspecified atom stereocenters. The smallest absolute Gasteiger partial charge is 0.0260 e. The lowest BCUT2D eigenvalue weighted by atomic mass is 9.93. The molecule has 0 saturated heterocycles. The van der Waals surface area contributed by atoms with Crippen LogP contribution in [0.25, 0.3) is 32.7 Å². The van der Waals surface area contributed by atoms with Crippen LogP contribution in [0.3, 0.4) is 0 Å². The van der Waals surface area contributed by atoms with Crippen molar-refractivity contribution in [2.24, 2.45) is 0 Å². The molecule has 0 spiro atoms. The molecule has 0 aliphatic rings. The molecule has 0 fully saturated rings. The number of rotatable bonds is 1. The van der Waals surface area contributed by atoms with E-state index in [4.69, 9.17) is 0 Å². The molecule has 0 atom stereocenters. The number of hydrogen-bond donors (Lipinski definition) is 0. The first-order valence-electron chi connectivity index (χ1n) is 7.00. The summed E-state index contributed by atoms with van der Waals surface area (Å²) in [5.74, 6) is 0. The predicted molar refractivity (Wildman–Crippen MR) is 94.6 cm³/mol. The highest BCUT2D eigenvalue weighted by molar-refractivity contribution is 9.10. The van der Waals surface area contributed by atoms with Crippen LogP contribution in [-0.4, -0.2) is 0 Å². The lowest BCUT2D eigenvalue weighted by Crippen LogP contribution is -1.85. The van der Waals surface area contributed by atoms with E-state index in [9.17, 15) is 0 Å². The van der Waals surface area contributed by atoms with E-state index in [0.29, 0.717) is 0 Å². The average molecular weight is 333 g/mol. The van der Waals surface area contributed by atoms with Crippen LogP contribution in [0, 0.1) is 0 Å². The van der Waals surface area contributed by atoms with Crippen molar-refractivity contribution in [1.29, 1.82) is 0 Å². The fourth-order valence-electron chi connectivity index (χ4n) is 2.96. The van der Waals surface area contributed by atoms with Crippen molar-refractivity contribution < 1.29 is 0 Å². The highest BCUT2D eigenvalue weighted by Crippen LogP contribution is 2.38. The molecule has 0 heterocycles. The Bertz CT molecular complexity index is 940. The second kappa shape index (κ2) is 5.01. The Morgan fingerprint density at radius 3 is 2.19 bits per heavy atom. The predicted octanol–water partition coefficient (Wildman–Crippen LogP) is 6.42. The zero-order valence-electron chi connectivity index (χ0n) is 11.4. The Morgan fingerprint density at radius 1 is 0.619 bits per heavy atom. The SMILES string of the molecule is Brc1cccc2c1c(-c1ccccc1)cc1ccccc12. The van der Waals surface area contributed by atoms with E-state index in [2.05, 4.69) is 94.8 Å². The summed E-state index contributed by atoms with van der Waals surface area (Å²) in [6, 6.07) is 27.9. The maximum Gasteiger partial charge on any atom is 0.0260 e. The molecule has 0 bridgehead atoms. The fourth-order valence-corrected chi connectivity index (χ4v) is 3.54. The summed E-state index contributed by atoms with van der Waals surface area (Å²) in [7, 11) is 0. The van der Waals surface area contributed by atoms with Gasteiger partial charge in [-0.05, 0) is 39.4 Å². The van der Waals surface area contributed by atoms with E-state index in [1.807, 2.05) is 0 Å². The Kier molecular flexibility index (Phi) is 3.01. The summed E-state index contributed by atoms with van der Waals surface area (Å²) >= 11 is 3.73. The van der Waals surface area contributed by atoms with Gasteiger partial charge in [0.1, 0.15) is 0 Å². The monoisotopic (exact) mass is 332 g/mol. The van der Waals surface area contributed by atoms with Crippen LogP contribution in [0.4, 0.5) is 0 Å². The first-order chi connectivity index (χ1) is 10.3. The molecule has 0 amide bonds. The average Bonchev–Trinajstić information content (AvgIpc) is 2.55. The maximum absolute atomic E-state index is 3.73. The molecule has 0 N–H and O–H groups in total. The summed E-state index contributed by atoms with van der Waals surface area (Å²) in [5, 5.41) is 5.15. The van der Waals surface area contributed by atoms with Gasteiger partial charge in [0, 0.05) is 9.86 Å². The van der Waals surface area contributed by atoms with Crippen molar-refractivity contribution in [1.82, 2.24) is 0 Å². The highest BCUT2D eigenvalue weighted by Gasteiger charge is 2.10. The van der Waals surface area contributed by atoms with Crippen LogP contribution >= 0.6 is 15.9 Å². The number of fused-ring (bicyclic) bond motifs is 3. The number of hydrogen-bond acceptors (Lipinski definition) is 0. The van der Waals surface area contributed by atoms with Gasteiger partial charge in [-0.3, -0.25) is 0 Å². The van der Waals surface area contributed by atoms with Crippen molar-refractivity contribution in [3.8, 4) is 11.1 Å². The zero-order chi connectivity index (χ0) is 14.2. The minimum Gasteiger partial charge on any atom is -0.0622 e. The first kappa shape index (κ1) is 12.6. The molecule has 0 nitrogen and oxygen atoms in total.